The molecule has 0 saturated heterocycles. The van der Waals surface area contributed by atoms with Crippen molar-refractivity contribution in [3.63, 3.8) is 0 Å². The van der Waals surface area contributed by atoms with E-state index < -0.39 is 5.97 Å². The van der Waals surface area contributed by atoms with Crippen LogP contribution in [-0.4, -0.2) is 35.6 Å². The first-order valence-electron chi connectivity index (χ1n) is 17.2. The Hall–Kier alpha value is -3.41. The minimum Gasteiger partial charge on any atom is -0.480 e. The van der Waals surface area contributed by atoms with Gasteiger partial charge in [-0.05, 0) is 83.1 Å². The van der Waals surface area contributed by atoms with E-state index in [0.717, 1.165) is 77.0 Å². The van der Waals surface area contributed by atoms with Crippen LogP contribution in [0.3, 0.4) is 0 Å². The number of hydrogen-bond donors (Lipinski definition) is 2. The summed E-state index contributed by atoms with van der Waals surface area (Å²) >= 11 is 0. The lowest BCUT2D eigenvalue weighted by Crippen LogP contribution is -2.28. The van der Waals surface area contributed by atoms with Gasteiger partial charge in [0.1, 0.15) is 12.6 Å². The number of ether oxygens (including phenoxy) is 1. The van der Waals surface area contributed by atoms with Crippen molar-refractivity contribution >= 4 is 17.8 Å². The minimum atomic E-state index is -1.04. The molecular formula is C39H61NO5. The van der Waals surface area contributed by atoms with Crippen molar-refractivity contribution in [2.24, 2.45) is 0 Å². The summed E-state index contributed by atoms with van der Waals surface area (Å²) in [5.74, 6) is -1.44. The van der Waals surface area contributed by atoms with Crippen LogP contribution < -0.4 is 5.32 Å². The molecule has 1 amide bonds. The Morgan fingerprint density at radius 2 is 1.18 bits per heavy atom. The smallest absolute Gasteiger partial charge is 0.322 e. The molecule has 0 aliphatic rings. The predicted molar refractivity (Wildman–Crippen MR) is 189 cm³/mol. The zero-order valence-corrected chi connectivity index (χ0v) is 28.2. The SMILES string of the molecule is CC/C=C\C/C=C\C/C=C\C/C=C\C/C=C\C/C=C\CCC(=O)OC(/C=C\CCCCC)CCCCCCC(=O)NCC(=O)O. The van der Waals surface area contributed by atoms with E-state index in [1.54, 1.807) is 0 Å². The van der Waals surface area contributed by atoms with E-state index in [9.17, 15) is 14.4 Å². The van der Waals surface area contributed by atoms with Crippen LogP contribution in [0.2, 0.25) is 0 Å². The second kappa shape index (κ2) is 33.5. The van der Waals surface area contributed by atoms with Crippen molar-refractivity contribution in [1.82, 2.24) is 5.32 Å². The molecule has 1 atom stereocenters. The molecule has 45 heavy (non-hydrogen) atoms. The van der Waals surface area contributed by atoms with Crippen molar-refractivity contribution in [1.29, 1.82) is 0 Å². The third-order valence-electron chi connectivity index (χ3n) is 6.80. The maximum absolute atomic E-state index is 12.5. The van der Waals surface area contributed by atoms with Gasteiger partial charge in [0.2, 0.25) is 5.91 Å². The normalized spacial score (nSPS) is 13.1. The zero-order chi connectivity index (χ0) is 33.1. The molecule has 0 radical (unpaired) electrons. The first-order chi connectivity index (χ1) is 22.0. The number of esters is 1. The molecular weight excluding hydrogens is 562 g/mol. The number of allylic oxidation sites excluding steroid dienone is 13. The van der Waals surface area contributed by atoms with Gasteiger partial charge in [0.15, 0.2) is 0 Å². The summed E-state index contributed by atoms with van der Waals surface area (Å²) in [4.78, 5) is 34.6. The summed E-state index contributed by atoms with van der Waals surface area (Å²) in [6.07, 6.45) is 45.9. The average Bonchev–Trinajstić information content (AvgIpc) is 3.02. The molecule has 6 heteroatoms. The molecule has 0 bridgehead atoms. The number of nitrogens with one attached hydrogen (secondary N) is 1. The van der Waals surface area contributed by atoms with Crippen molar-refractivity contribution in [3.8, 4) is 0 Å². The molecule has 0 spiro atoms. The van der Waals surface area contributed by atoms with Crippen LogP contribution in [0, 0.1) is 0 Å². The van der Waals surface area contributed by atoms with Gasteiger partial charge in [0.25, 0.3) is 0 Å². The monoisotopic (exact) mass is 623 g/mol. The summed E-state index contributed by atoms with van der Waals surface area (Å²) < 4.78 is 5.78. The number of aliphatic carboxylic acids is 1. The maximum Gasteiger partial charge on any atom is 0.322 e. The van der Waals surface area contributed by atoms with Crippen LogP contribution in [-0.2, 0) is 19.1 Å². The molecule has 0 aromatic carbocycles. The van der Waals surface area contributed by atoms with Crippen molar-refractivity contribution in [2.75, 3.05) is 6.54 Å². The Morgan fingerprint density at radius 1 is 0.622 bits per heavy atom. The van der Waals surface area contributed by atoms with Gasteiger partial charge in [0, 0.05) is 12.8 Å². The second-order valence-corrected chi connectivity index (χ2v) is 11.0. The van der Waals surface area contributed by atoms with Crippen molar-refractivity contribution < 1.29 is 24.2 Å². The molecule has 1 unspecified atom stereocenters. The van der Waals surface area contributed by atoms with Gasteiger partial charge < -0.3 is 15.2 Å². The summed E-state index contributed by atoms with van der Waals surface area (Å²) in [6, 6.07) is 0. The van der Waals surface area contributed by atoms with E-state index in [2.05, 4.69) is 92.1 Å². The first kappa shape index (κ1) is 41.6. The third-order valence-corrected chi connectivity index (χ3v) is 6.80. The van der Waals surface area contributed by atoms with Gasteiger partial charge in [-0.25, -0.2) is 0 Å². The van der Waals surface area contributed by atoms with Crippen molar-refractivity contribution in [3.05, 3.63) is 85.1 Å². The highest BCUT2D eigenvalue weighted by Crippen LogP contribution is 2.13. The fourth-order valence-electron chi connectivity index (χ4n) is 4.27. The Balaban J connectivity index is 4.19. The van der Waals surface area contributed by atoms with E-state index in [1.165, 1.54) is 12.8 Å². The number of carbonyl (C=O) groups is 3. The Labute approximate surface area is 274 Å². The molecule has 0 aromatic rings. The largest absolute Gasteiger partial charge is 0.480 e. The van der Waals surface area contributed by atoms with Crippen LogP contribution in [0.4, 0.5) is 0 Å². The lowest BCUT2D eigenvalue weighted by atomic mass is 10.1. The molecule has 2 N–H and O–H groups in total. The lowest BCUT2D eigenvalue weighted by molar-refractivity contribution is -0.147. The number of amides is 1. The number of rotatable bonds is 29. The van der Waals surface area contributed by atoms with E-state index in [0.29, 0.717) is 25.7 Å². The van der Waals surface area contributed by atoms with Gasteiger partial charge in [-0.1, -0.05) is 119 Å². The fraction of sp³-hybridized carbons (Fsp3) is 0.564. The molecule has 6 nitrogen and oxygen atoms in total. The Kier molecular flexibility index (Phi) is 30.9. The molecule has 0 heterocycles. The maximum atomic E-state index is 12.5. The van der Waals surface area contributed by atoms with Gasteiger partial charge in [-0.15, -0.1) is 0 Å². The van der Waals surface area contributed by atoms with Gasteiger partial charge in [0.05, 0.1) is 0 Å². The van der Waals surface area contributed by atoms with Gasteiger partial charge in [-0.2, -0.15) is 0 Å². The lowest BCUT2D eigenvalue weighted by Gasteiger charge is -2.14. The van der Waals surface area contributed by atoms with E-state index in [1.807, 2.05) is 12.2 Å². The van der Waals surface area contributed by atoms with Crippen LogP contribution in [0.1, 0.15) is 129 Å². The molecule has 0 aliphatic heterocycles. The number of carbonyl (C=O) groups excluding carboxylic acids is 2. The summed E-state index contributed by atoms with van der Waals surface area (Å²) in [7, 11) is 0. The Bertz CT molecular complexity index is 954. The van der Waals surface area contributed by atoms with Crippen LogP contribution >= 0.6 is 0 Å². The number of carboxylic acid groups (broad SMARTS) is 1. The van der Waals surface area contributed by atoms with E-state index in [-0.39, 0.29) is 24.5 Å². The van der Waals surface area contributed by atoms with Crippen LogP contribution in [0.5, 0.6) is 0 Å². The average molecular weight is 624 g/mol. The standard InChI is InChI=1S/C39H61NO5/c1-3-5-7-9-10-11-12-13-14-15-16-17-18-19-20-21-22-24-30-34-39(44)45-36(31-27-23-8-6-4-2)32-28-25-26-29-33-37(41)40-35-38(42)43/h5,7,10-11,13-14,16-17,19-20,22,24,27,31,36H,3-4,6,8-9,12,15,18,21,23,25-26,28-30,32-35H2,1-2H3,(H,40,41)(H,42,43)/b7-5-,11-10-,14-13-,17-16-,20-19-,24-22-,31-27-. The predicted octanol–water partition coefficient (Wildman–Crippen LogP) is 10.1. The topological polar surface area (TPSA) is 92.7 Å². The van der Waals surface area contributed by atoms with E-state index in [4.69, 9.17) is 9.84 Å². The molecule has 0 aliphatic carbocycles. The highest BCUT2D eigenvalue weighted by molar-refractivity contribution is 5.80. The van der Waals surface area contributed by atoms with Gasteiger partial charge >= 0.3 is 11.9 Å². The quantitative estimate of drug-likeness (QED) is 0.0491. The second-order valence-electron chi connectivity index (χ2n) is 11.0. The van der Waals surface area contributed by atoms with Crippen LogP contribution in [0.25, 0.3) is 0 Å². The number of unbranched alkanes of at least 4 members (excludes halogenated alkanes) is 6. The highest BCUT2D eigenvalue weighted by Gasteiger charge is 2.11. The summed E-state index contributed by atoms with van der Waals surface area (Å²) in [5, 5.41) is 11.0. The molecule has 0 rings (SSSR count). The van der Waals surface area contributed by atoms with Crippen molar-refractivity contribution in [2.45, 2.75) is 136 Å². The zero-order valence-electron chi connectivity index (χ0n) is 28.2. The van der Waals surface area contributed by atoms with Gasteiger partial charge in [-0.3, -0.25) is 14.4 Å². The third kappa shape index (κ3) is 33.3. The molecule has 252 valence electrons. The number of carboxylic acids is 1. The Morgan fingerprint density at radius 3 is 1.73 bits per heavy atom. The number of hydrogen-bond acceptors (Lipinski definition) is 4. The fourth-order valence-corrected chi connectivity index (χ4v) is 4.27. The highest BCUT2D eigenvalue weighted by atomic mass is 16.5. The molecule has 0 aromatic heterocycles. The summed E-state index contributed by atoms with van der Waals surface area (Å²) in [6.45, 7) is 3.99. The van der Waals surface area contributed by atoms with E-state index >= 15 is 0 Å². The first-order valence-corrected chi connectivity index (χ1v) is 17.2. The molecule has 0 saturated carbocycles. The van der Waals surface area contributed by atoms with Crippen LogP contribution in [0.15, 0.2) is 85.1 Å². The summed E-state index contributed by atoms with van der Waals surface area (Å²) in [5.41, 5.74) is 0. The molecule has 0 fully saturated rings. The minimum absolute atomic E-state index is 0.173.